The molecule has 0 N–H and O–H groups in total. The standard InChI is InChI=1S/C9H7ClF2O4S/c1-16-9(13)5-2-7(11)6(8(12)3-5)4-17(10,14)15/h2-3H,4H2,1H3. The Balaban J connectivity index is 3.24. The van der Waals surface area contributed by atoms with E-state index in [9.17, 15) is 22.0 Å². The number of esters is 1. The van der Waals surface area contributed by atoms with Crippen molar-refractivity contribution in [2.75, 3.05) is 7.11 Å². The van der Waals surface area contributed by atoms with Gasteiger partial charge in [0.25, 0.3) is 0 Å². The van der Waals surface area contributed by atoms with Crippen LogP contribution in [0.2, 0.25) is 0 Å². The number of ether oxygens (including phenoxy) is 1. The fourth-order valence-corrected chi connectivity index (χ4v) is 2.10. The molecular formula is C9H7ClF2O4S. The first-order valence-corrected chi connectivity index (χ1v) is 6.71. The van der Waals surface area contributed by atoms with Gasteiger partial charge in [-0.05, 0) is 12.1 Å². The SMILES string of the molecule is COC(=O)c1cc(F)c(CS(=O)(=O)Cl)c(F)c1. The Morgan fingerprint density at radius 1 is 1.35 bits per heavy atom. The van der Waals surface area contributed by atoms with Crippen molar-refractivity contribution in [2.45, 2.75) is 5.75 Å². The highest BCUT2D eigenvalue weighted by atomic mass is 35.7. The number of halogens is 3. The summed E-state index contributed by atoms with van der Waals surface area (Å²) >= 11 is 0. The second-order valence-electron chi connectivity index (χ2n) is 3.09. The monoisotopic (exact) mass is 284 g/mol. The largest absolute Gasteiger partial charge is 0.465 e. The van der Waals surface area contributed by atoms with Crippen molar-refractivity contribution < 1.29 is 26.7 Å². The topological polar surface area (TPSA) is 60.4 Å². The van der Waals surface area contributed by atoms with E-state index in [1.54, 1.807) is 0 Å². The van der Waals surface area contributed by atoms with E-state index < -0.39 is 38.0 Å². The molecule has 0 fully saturated rings. The zero-order valence-electron chi connectivity index (χ0n) is 8.54. The van der Waals surface area contributed by atoms with Crippen molar-refractivity contribution >= 4 is 25.7 Å². The molecule has 1 aromatic carbocycles. The highest BCUT2D eigenvalue weighted by molar-refractivity contribution is 8.13. The molecule has 4 nitrogen and oxygen atoms in total. The van der Waals surface area contributed by atoms with Gasteiger partial charge < -0.3 is 4.74 Å². The lowest BCUT2D eigenvalue weighted by Gasteiger charge is -2.05. The first kappa shape index (κ1) is 13.9. The van der Waals surface area contributed by atoms with E-state index in [2.05, 4.69) is 4.74 Å². The van der Waals surface area contributed by atoms with Crippen molar-refractivity contribution in [1.29, 1.82) is 0 Å². The number of rotatable bonds is 3. The molecule has 0 spiro atoms. The minimum Gasteiger partial charge on any atom is -0.465 e. The fraction of sp³-hybridized carbons (Fsp3) is 0.222. The quantitative estimate of drug-likeness (QED) is 0.627. The van der Waals surface area contributed by atoms with Crippen molar-refractivity contribution in [3.05, 3.63) is 34.9 Å². The Hall–Kier alpha value is -1.21. The second kappa shape index (κ2) is 4.97. The third-order valence-corrected chi connectivity index (χ3v) is 2.84. The molecule has 0 radical (unpaired) electrons. The van der Waals surface area contributed by atoms with Crippen LogP contribution < -0.4 is 0 Å². The molecule has 0 saturated carbocycles. The average Bonchev–Trinajstić information content (AvgIpc) is 2.20. The maximum atomic E-state index is 13.4. The van der Waals surface area contributed by atoms with Crippen LogP contribution in [0.4, 0.5) is 8.78 Å². The zero-order chi connectivity index (χ0) is 13.2. The summed E-state index contributed by atoms with van der Waals surface area (Å²) in [7, 11) is 1.85. The van der Waals surface area contributed by atoms with E-state index >= 15 is 0 Å². The van der Waals surface area contributed by atoms with Gasteiger partial charge in [-0.3, -0.25) is 0 Å². The third kappa shape index (κ3) is 3.64. The Morgan fingerprint density at radius 3 is 2.18 bits per heavy atom. The molecule has 0 atom stereocenters. The summed E-state index contributed by atoms with van der Waals surface area (Å²) in [5.74, 6) is -4.26. The predicted molar refractivity (Wildman–Crippen MR) is 56.2 cm³/mol. The van der Waals surface area contributed by atoms with Crippen LogP contribution in [-0.2, 0) is 19.5 Å². The van der Waals surface area contributed by atoms with E-state index in [1.807, 2.05) is 0 Å². The zero-order valence-corrected chi connectivity index (χ0v) is 10.1. The molecule has 0 unspecified atom stereocenters. The molecule has 1 rings (SSSR count). The second-order valence-corrected chi connectivity index (χ2v) is 5.87. The van der Waals surface area contributed by atoms with Crippen molar-refractivity contribution in [2.24, 2.45) is 0 Å². The van der Waals surface area contributed by atoms with E-state index in [0.29, 0.717) is 12.1 Å². The summed E-state index contributed by atoms with van der Waals surface area (Å²) in [4.78, 5) is 11.0. The number of hydrogen-bond acceptors (Lipinski definition) is 4. The molecule has 1 aromatic rings. The van der Waals surface area contributed by atoms with Crippen LogP contribution in [0.15, 0.2) is 12.1 Å². The van der Waals surface area contributed by atoms with Crippen LogP contribution in [0.1, 0.15) is 15.9 Å². The van der Waals surface area contributed by atoms with Gasteiger partial charge >= 0.3 is 5.97 Å². The maximum Gasteiger partial charge on any atom is 0.338 e. The molecule has 17 heavy (non-hydrogen) atoms. The summed E-state index contributed by atoms with van der Waals surface area (Å²) in [6.07, 6.45) is 0. The molecule has 8 heteroatoms. The maximum absolute atomic E-state index is 13.4. The number of hydrogen-bond donors (Lipinski definition) is 0. The van der Waals surface area contributed by atoms with Gasteiger partial charge in [0.2, 0.25) is 9.05 Å². The van der Waals surface area contributed by atoms with E-state index in [-0.39, 0.29) is 5.56 Å². The van der Waals surface area contributed by atoms with Gasteiger partial charge in [0.05, 0.1) is 18.4 Å². The minimum absolute atomic E-state index is 0.349. The Labute approximate surface area is 101 Å². The van der Waals surface area contributed by atoms with Gasteiger partial charge in [-0.1, -0.05) is 0 Å². The number of benzene rings is 1. The molecule has 0 bridgehead atoms. The Bertz CT molecular complexity index is 533. The molecule has 0 saturated heterocycles. The summed E-state index contributed by atoms with van der Waals surface area (Å²) in [5.41, 5.74) is -1.06. The van der Waals surface area contributed by atoms with Crippen LogP contribution in [0.25, 0.3) is 0 Å². The highest BCUT2D eigenvalue weighted by Gasteiger charge is 2.19. The summed E-state index contributed by atoms with van der Waals surface area (Å²) in [5, 5.41) is 0. The van der Waals surface area contributed by atoms with Crippen LogP contribution in [0.3, 0.4) is 0 Å². The fourth-order valence-electron chi connectivity index (χ4n) is 1.15. The van der Waals surface area contributed by atoms with Crippen molar-refractivity contribution in [3.63, 3.8) is 0 Å². The van der Waals surface area contributed by atoms with Crippen LogP contribution in [0, 0.1) is 11.6 Å². The van der Waals surface area contributed by atoms with E-state index in [0.717, 1.165) is 7.11 Å². The summed E-state index contributed by atoms with van der Waals surface area (Å²) in [6, 6.07) is 1.37. The van der Waals surface area contributed by atoms with Crippen LogP contribution in [0.5, 0.6) is 0 Å². The summed E-state index contributed by atoms with van der Waals surface area (Å²) < 4.78 is 52.4. The predicted octanol–water partition coefficient (Wildman–Crippen LogP) is 1.82. The molecule has 0 aliphatic rings. The molecule has 0 aliphatic carbocycles. The van der Waals surface area contributed by atoms with E-state index in [1.165, 1.54) is 0 Å². The molecule has 0 aliphatic heterocycles. The molecule has 0 aromatic heterocycles. The van der Waals surface area contributed by atoms with Gasteiger partial charge in [0.1, 0.15) is 11.6 Å². The Kier molecular flexibility index (Phi) is 4.05. The molecule has 0 amide bonds. The first-order valence-electron chi connectivity index (χ1n) is 4.23. The van der Waals surface area contributed by atoms with Crippen LogP contribution >= 0.6 is 10.7 Å². The smallest absolute Gasteiger partial charge is 0.338 e. The molecular weight excluding hydrogens is 278 g/mol. The Morgan fingerprint density at radius 2 is 1.82 bits per heavy atom. The van der Waals surface area contributed by atoms with Gasteiger partial charge in [0, 0.05) is 16.2 Å². The van der Waals surface area contributed by atoms with Gasteiger partial charge in [-0.15, -0.1) is 0 Å². The number of carbonyl (C=O) groups excluding carboxylic acids is 1. The highest BCUT2D eigenvalue weighted by Crippen LogP contribution is 2.20. The lowest BCUT2D eigenvalue weighted by atomic mass is 10.1. The normalized spacial score (nSPS) is 11.3. The van der Waals surface area contributed by atoms with Crippen molar-refractivity contribution in [1.82, 2.24) is 0 Å². The van der Waals surface area contributed by atoms with Crippen LogP contribution in [-0.4, -0.2) is 21.5 Å². The third-order valence-electron chi connectivity index (χ3n) is 1.88. The van der Waals surface area contributed by atoms with E-state index in [4.69, 9.17) is 10.7 Å². The first-order chi connectivity index (χ1) is 7.74. The lowest BCUT2D eigenvalue weighted by molar-refractivity contribution is 0.0599. The number of methoxy groups -OCH3 is 1. The van der Waals surface area contributed by atoms with Gasteiger partial charge in [0.15, 0.2) is 0 Å². The van der Waals surface area contributed by atoms with Gasteiger partial charge in [-0.2, -0.15) is 0 Å². The number of carbonyl (C=O) groups is 1. The lowest BCUT2D eigenvalue weighted by Crippen LogP contribution is -2.07. The van der Waals surface area contributed by atoms with Gasteiger partial charge in [-0.25, -0.2) is 22.0 Å². The average molecular weight is 285 g/mol. The molecule has 0 heterocycles. The summed E-state index contributed by atoms with van der Waals surface area (Å²) in [6.45, 7) is 0. The molecule has 94 valence electrons. The van der Waals surface area contributed by atoms with Crippen molar-refractivity contribution in [3.8, 4) is 0 Å². The minimum atomic E-state index is -4.08.